The Balaban J connectivity index is 1.39. The van der Waals surface area contributed by atoms with Crippen molar-refractivity contribution in [3.8, 4) is 22.6 Å². The van der Waals surface area contributed by atoms with Crippen LogP contribution in [0.4, 0.5) is 10.1 Å². The van der Waals surface area contributed by atoms with Crippen LogP contribution in [0.15, 0.2) is 40.9 Å². The molecule has 0 saturated heterocycles. The molecule has 5 rings (SSSR count). The summed E-state index contributed by atoms with van der Waals surface area (Å²) in [5, 5.41) is 9.11. The number of benzene rings is 2. The highest BCUT2D eigenvalue weighted by molar-refractivity contribution is 8.04. The summed E-state index contributed by atoms with van der Waals surface area (Å²) in [6.45, 7) is 4.57. The number of halogens is 1. The van der Waals surface area contributed by atoms with Crippen molar-refractivity contribution >= 4 is 23.4 Å². The number of hydrogen-bond donors (Lipinski definition) is 3. The molecule has 6 nitrogen and oxygen atoms in total. The Morgan fingerprint density at radius 3 is 2.87 bits per heavy atom. The van der Waals surface area contributed by atoms with Gasteiger partial charge in [0.25, 0.3) is 5.91 Å². The first kappa shape index (κ1) is 19.3. The number of fused-ring (bicyclic) bond motifs is 1. The van der Waals surface area contributed by atoms with Gasteiger partial charge in [0, 0.05) is 35.8 Å². The average Bonchev–Trinajstić information content (AvgIpc) is 3.20. The lowest BCUT2D eigenvalue weighted by Gasteiger charge is -2.20. The highest BCUT2D eigenvalue weighted by Gasteiger charge is 2.31. The third-order valence-corrected chi connectivity index (χ3v) is 6.70. The van der Waals surface area contributed by atoms with Crippen LogP contribution in [0.1, 0.15) is 12.0 Å². The number of thioether (sulfide) groups is 1. The number of carbonyl (C=O) groups is 1. The van der Waals surface area contributed by atoms with Gasteiger partial charge in [-0.2, -0.15) is 0 Å². The largest absolute Gasteiger partial charge is 0.486 e. The van der Waals surface area contributed by atoms with Crippen LogP contribution in [-0.4, -0.2) is 37.6 Å². The second-order valence-electron chi connectivity index (χ2n) is 7.44. The Labute approximate surface area is 178 Å². The molecule has 1 atom stereocenters. The molecule has 0 fully saturated rings. The van der Waals surface area contributed by atoms with E-state index in [0.29, 0.717) is 36.0 Å². The number of anilines is 1. The maximum Gasteiger partial charge on any atom is 0.257 e. The van der Waals surface area contributed by atoms with Gasteiger partial charge in [-0.25, -0.2) is 4.39 Å². The van der Waals surface area contributed by atoms with E-state index in [9.17, 15) is 9.18 Å². The Bertz CT molecular complexity index is 1040. The van der Waals surface area contributed by atoms with E-state index in [-0.39, 0.29) is 5.91 Å². The van der Waals surface area contributed by atoms with Crippen LogP contribution >= 0.6 is 11.8 Å². The Hall–Kier alpha value is -2.71. The summed E-state index contributed by atoms with van der Waals surface area (Å²) in [7, 11) is 0. The van der Waals surface area contributed by atoms with Crippen LogP contribution in [0.3, 0.4) is 0 Å². The van der Waals surface area contributed by atoms with Gasteiger partial charge in [0.15, 0.2) is 16.9 Å². The Kier molecular flexibility index (Phi) is 5.04. The predicted molar refractivity (Wildman–Crippen MR) is 115 cm³/mol. The first-order chi connectivity index (χ1) is 14.6. The van der Waals surface area contributed by atoms with E-state index >= 15 is 0 Å². The number of amides is 1. The number of hydrogen-bond acceptors (Lipinski definition) is 6. The minimum Gasteiger partial charge on any atom is -0.486 e. The van der Waals surface area contributed by atoms with Gasteiger partial charge in [0.1, 0.15) is 19.0 Å². The van der Waals surface area contributed by atoms with E-state index < -0.39 is 11.2 Å². The molecule has 2 aromatic rings. The summed E-state index contributed by atoms with van der Waals surface area (Å²) in [4.78, 5) is 14.0. The molecule has 0 aliphatic carbocycles. The van der Waals surface area contributed by atoms with E-state index in [1.54, 1.807) is 0 Å². The van der Waals surface area contributed by atoms with Crippen molar-refractivity contribution in [2.75, 3.05) is 31.6 Å². The SMILES string of the molecule is Cc1c(NC(=O)C2NC3=C(CNCC3)S2)cc(F)cc1-c1ccc2c(c1)OCCO2. The summed E-state index contributed by atoms with van der Waals surface area (Å²) in [5.74, 6) is 0.735. The molecular weight excluding hydrogens is 405 g/mol. The van der Waals surface area contributed by atoms with Gasteiger partial charge >= 0.3 is 0 Å². The summed E-state index contributed by atoms with van der Waals surface area (Å²) in [6.07, 6.45) is 0.888. The van der Waals surface area contributed by atoms with Crippen LogP contribution < -0.4 is 25.4 Å². The number of ether oxygens (including phenoxy) is 2. The van der Waals surface area contributed by atoms with Crippen molar-refractivity contribution in [1.29, 1.82) is 0 Å². The second-order valence-corrected chi connectivity index (χ2v) is 8.64. The zero-order valence-electron chi connectivity index (χ0n) is 16.5. The summed E-state index contributed by atoms with van der Waals surface area (Å²) in [6, 6.07) is 8.39. The fourth-order valence-electron chi connectivity index (χ4n) is 3.89. The third-order valence-electron chi connectivity index (χ3n) is 5.46. The van der Waals surface area contributed by atoms with E-state index in [2.05, 4.69) is 16.0 Å². The van der Waals surface area contributed by atoms with Crippen molar-refractivity contribution in [3.63, 3.8) is 0 Å². The third kappa shape index (κ3) is 3.61. The average molecular weight is 428 g/mol. The van der Waals surface area contributed by atoms with Crippen molar-refractivity contribution < 1.29 is 18.7 Å². The molecule has 0 spiro atoms. The van der Waals surface area contributed by atoms with Crippen molar-refractivity contribution in [2.45, 2.75) is 18.7 Å². The fourth-order valence-corrected chi connectivity index (χ4v) is 5.03. The van der Waals surface area contributed by atoms with Gasteiger partial charge in [0.05, 0.1) is 0 Å². The molecule has 1 amide bonds. The maximum atomic E-state index is 14.5. The lowest BCUT2D eigenvalue weighted by atomic mass is 9.98. The highest BCUT2D eigenvalue weighted by atomic mass is 32.2. The van der Waals surface area contributed by atoms with Crippen molar-refractivity contribution in [3.05, 3.63) is 52.3 Å². The summed E-state index contributed by atoms with van der Waals surface area (Å²) >= 11 is 1.52. The van der Waals surface area contributed by atoms with Gasteiger partial charge in [-0.3, -0.25) is 4.79 Å². The quantitative estimate of drug-likeness (QED) is 0.698. The second kappa shape index (κ2) is 7.85. The topological polar surface area (TPSA) is 71.6 Å². The van der Waals surface area contributed by atoms with Crippen LogP contribution in [0.5, 0.6) is 11.5 Å². The molecule has 2 aromatic carbocycles. The van der Waals surface area contributed by atoms with Gasteiger partial charge in [-0.05, 0) is 47.9 Å². The molecule has 3 aliphatic rings. The molecule has 156 valence electrons. The van der Waals surface area contributed by atoms with Crippen molar-refractivity contribution in [1.82, 2.24) is 10.6 Å². The molecule has 0 radical (unpaired) electrons. The van der Waals surface area contributed by atoms with Crippen LogP contribution in [-0.2, 0) is 4.79 Å². The Morgan fingerprint density at radius 2 is 2.03 bits per heavy atom. The van der Waals surface area contributed by atoms with Crippen LogP contribution in [0.25, 0.3) is 11.1 Å². The minimum absolute atomic E-state index is 0.184. The molecule has 0 saturated carbocycles. The van der Waals surface area contributed by atoms with Crippen LogP contribution in [0, 0.1) is 12.7 Å². The van der Waals surface area contributed by atoms with Gasteiger partial charge in [-0.1, -0.05) is 17.8 Å². The van der Waals surface area contributed by atoms with Gasteiger partial charge in [-0.15, -0.1) is 0 Å². The number of carbonyl (C=O) groups excluding carboxylic acids is 1. The highest BCUT2D eigenvalue weighted by Crippen LogP contribution is 2.38. The monoisotopic (exact) mass is 427 g/mol. The first-order valence-corrected chi connectivity index (χ1v) is 10.8. The molecule has 3 N–H and O–H groups in total. The summed E-state index contributed by atoms with van der Waals surface area (Å²) in [5.41, 5.74) is 3.91. The van der Waals surface area contributed by atoms with Crippen molar-refractivity contribution in [2.24, 2.45) is 0 Å². The maximum absolute atomic E-state index is 14.5. The van der Waals surface area contributed by atoms with E-state index in [0.717, 1.165) is 36.3 Å². The zero-order chi connectivity index (χ0) is 20.7. The lowest BCUT2D eigenvalue weighted by molar-refractivity contribution is -0.116. The normalized spacial score (nSPS) is 19.9. The van der Waals surface area contributed by atoms with Gasteiger partial charge < -0.3 is 25.4 Å². The molecule has 0 bridgehead atoms. The molecule has 1 unspecified atom stereocenters. The fraction of sp³-hybridized carbons (Fsp3) is 0.318. The first-order valence-electron chi connectivity index (χ1n) is 9.95. The zero-order valence-corrected chi connectivity index (χ0v) is 17.3. The van der Waals surface area contributed by atoms with E-state index in [1.165, 1.54) is 28.8 Å². The molecular formula is C22H22FN3O3S. The Morgan fingerprint density at radius 1 is 1.20 bits per heavy atom. The standard InChI is InChI=1S/C22H22FN3O3S/c1-12-15(13-2-3-18-19(8-13)29-7-6-28-18)9-14(23)10-17(12)25-21(27)22-26-16-4-5-24-11-20(16)30-22/h2-3,8-10,22,24,26H,4-7,11H2,1H3,(H,25,27). The van der Waals surface area contributed by atoms with Gasteiger partial charge in [0.2, 0.25) is 0 Å². The number of nitrogens with one attached hydrogen (secondary N) is 3. The predicted octanol–water partition coefficient (Wildman–Crippen LogP) is 3.38. The molecule has 3 aliphatic heterocycles. The number of rotatable bonds is 3. The molecule has 0 aromatic heterocycles. The van der Waals surface area contributed by atoms with E-state index in [1.807, 2.05) is 25.1 Å². The molecule has 3 heterocycles. The summed E-state index contributed by atoms with van der Waals surface area (Å²) < 4.78 is 25.7. The van der Waals surface area contributed by atoms with E-state index in [4.69, 9.17) is 9.47 Å². The smallest absolute Gasteiger partial charge is 0.257 e. The lowest BCUT2D eigenvalue weighted by Crippen LogP contribution is -2.35. The van der Waals surface area contributed by atoms with Crippen LogP contribution in [0.2, 0.25) is 0 Å². The molecule has 30 heavy (non-hydrogen) atoms. The minimum atomic E-state index is -0.408. The molecule has 8 heteroatoms.